The Balaban J connectivity index is 1.96. The van der Waals surface area contributed by atoms with E-state index in [0.717, 1.165) is 34.5 Å². The summed E-state index contributed by atoms with van der Waals surface area (Å²) in [5.74, 6) is -0.226. The Bertz CT molecular complexity index is 1480. The van der Waals surface area contributed by atoms with Gasteiger partial charge >= 0.3 is 12.4 Å². The fraction of sp³-hybridized carbons (Fsp3) is 0.333. The van der Waals surface area contributed by atoms with Crippen molar-refractivity contribution < 1.29 is 35.1 Å². The Morgan fingerprint density at radius 3 is 2.29 bits per heavy atom. The summed E-state index contributed by atoms with van der Waals surface area (Å²) in [5, 5.41) is 10.3. The van der Waals surface area contributed by atoms with E-state index in [1.165, 1.54) is 24.6 Å². The minimum atomic E-state index is -4.76. The summed E-state index contributed by atoms with van der Waals surface area (Å²) in [4.78, 5) is 4.14. The Labute approximate surface area is 191 Å². The van der Waals surface area contributed by atoms with Gasteiger partial charge in [-0.25, -0.2) is 13.9 Å². The summed E-state index contributed by atoms with van der Waals surface area (Å²) in [6.45, 7) is 1.46. The number of hydrogen-bond donors (Lipinski definition) is 1. The molecule has 0 spiro atoms. The fourth-order valence-corrected chi connectivity index (χ4v) is 6.25. The lowest BCUT2D eigenvalue weighted by atomic mass is 10.3. The third kappa shape index (κ3) is 4.09. The third-order valence-corrected chi connectivity index (χ3v) is 9.20. The average molecular weight is 526 g/mol. The molecule has 34 heavy (non-hydrogen) atoms. The van der Waals surface area contributed by atoms with Crippen LogP contribution in [0.5, 0.6) is 0 Å². The first kappa shape index (κ1) is 24.3. The second-order valence-electron chi connectivity index (χ2n) is 7.62. The SMILES string of the molecule is CCS(C)(=O)(O)c1cc(-n2ccc(C(F)(F)F)n2)sc1-c1nc2cc(C(F)(F)F)nnc2n1C. The smallest absolute Gasteiger partial charge is 0.310 e. The van der Waals surface area contributed by atoms with Gasteiger partial charge in [0.2, 0.25) is 0 Å². The first-order valence-electron chi connectivity index (χ1n) is 9.42. The van der Waals surface area contributed by atoms with Gasteiger partial charge in [-0.2, -0.15) is 40.8 Å². The van der Waals surface area contributed by atoms with Gasteiger partial charge < -0.3 is 4.57 Å². The number of imidazole rings is 1. The van der Waals surface area contributed by atoms with Crippen LogP contribution in [0.1, 0.15) is 18.3 Å². The number of fused-ring (bicyclic) bond motifs is 1. The molecule has 4 aromatic heterocycles. The van der Waals surface area contributed by atoms with Crippen molar-refractivity contribution in [3.63, 3.8) is 0 Å². The lowest BCUT2D eigenvalue weighted by Crippen LogP contribution is -2.33. The quantitative estimate of drug-likeness (QED) is 0.390. The maximum absolute atomic E-state index is 13.4. The van der Waals surface area contributed by atoms with Gasteiger partial charge in [-0.15, -0.1) is 21.5 Å². The summed E-state index contributed by atoms with van der Waals surface area (Å²) >= 11 is 0.816. The molecule has 184 valence electrons. The molecule has 0 radical (unpaired) electrons. The number of rotatable bonds is 4. The molecule has 0 saturated carbocycles. The molecule has 0 fully saturated rings. The van der Waals surface area contributed by atoms with Crippen LogP contribution in [0.25, 0.3) is 26.9 Å². The summed E-state index contributed by atoms with van der Waals surface area (Å²) in [6.07, 6.45) is -7.30. The maximum atomic E-state index is 13.4. The van der Waals surface area contributed by atoms with E-state index in [0.29, 0.717) is 6.07 Å². The Morgan fingerprint density at radius 2 is 1.74 bits per heavy atom. The standard InChI is InChI=1S/C18H16F6N6O2S2/c1-4-34(3,31,32)10-8-13(30-6-5-11(28-30)17(19,20)21)33-14(10)16-25-9-7-12(18(22,23)24)26-27-15(9)29(16)2/h5-8H,4H2,1-3H3,(H,31,32). The van der Waals surface area contributed by atoms with Crippen molar-refractivity contribution in [2.75, 3.05) is 12.0 Å². The second-order valence-corrected chi connectivity index (χ2v) is 12.6. The number of nitrogens with zero attached hydrogens (tertiary/aromatic N) is 6. The molecular weight excluding hydrogens is 510 g/mol. The zero-order valence-electron chi connectivity index (χ0n) is 17.6. The molecule has 16 heteroatoms. The minimum absolute atomic E-state index is 0.00118. The zero-order valence-corrected chi connectivity index (χ0v) is 19.3. The van der Waals surface area contributed by atoms with E-state index in [1.807, 2.05) is 0 Å². The van der Waals surface area contributed by atoms with Crippen LogP contribution >= 0.6 is 11.3 Å². The number of aromatic nitrogens is 6. The van der Waals surface area contributed by atoms with Crippen molar-refractivity contribution in [1.82, 2.24) is 29.5 Å². The van der Waals surface area contributed by atoms with E-state index < -0.39 is 33.1 Å². The van der Waals surface area contributed by atoms with Crippen molar-refractivity contribution in [2.45, 2.75) is 24.2 Å². The second kappa shape index (κ2) is 7.32. The normalized spacial score (nSPS) is 14.5. The van der Waals surface area contributed by atoms with Gasteiger partial charge in [-0.3, -0.25) is 4.55 Å². The molecule has 0 aliphatic carbocycles. The van der Waals surface area contributed by atoms with Gasteiger partial charge in [0.05, 0.1) is 9.77 Å². The van der Waals surface area contributed by atoms with Crippen molar-refractivity contribution in [3.05, 3.63) is 35.8 Å². The van der Waals surface area contributed by atoms with Gasteiger partial charge in [0.15, 0.2) is 22.9 Å². The van der Waals surface area contributed by atoms with Crippen LogP contribution in [0.3, 0.4) is 0 Å². The lowest BCUT2D eigenvalue weighted by molar-refractivity contribution is -0.142. The van der Waals surface area contributed by atoms with Crippen molar-refractivity contribution in [3.8, 4) is 15.7 Å². The van der Waals surface area contributed by atoms with Crippen LogP contribution in [-0.4, -0.2) is 50.3 Å². The van der Waals surface area contributed by atoms with Crippen molar-refractivity contribution >= 4 is 31.8 Å². The number of alkyl halides is 6. The Kier molecular flexibility index (Phi) is 5.23. The summed E-state index contributed by atoms with van der Waals surface area (Å²) < 4.78 is 105. The van der Waals surface area contributed by atoms with E-state index in [4.69, 9.17) is 0 Å². The van der Waals surface area contributed by atoms with Gasteiger partial charge in [-0.1, -0.05) is 0 Å². The molecule has 0 aromatic carbocycles. The zero-order chi connectivity index (χ0) is 25.3. The summed E-state index contributed by atoms with van der Waals surface area (Å²) in [6, 6.07) is 2.68. The molecule has 0 atom stereocenters. The van der Waals surface area contributed by atoms with Crippen LogP contribution in [-0.2, 0) is 28.7 Å². The monoisotopic (exact) mass is 526 g/mol. The molecule has 0 unspecified atom stereocenters. The first-order chi connectivity index (χ1) is 15.5. The van der Waals surface area contributed by atoms with Crippen LogP contribution in [0.15, 0.2) is 29.3 Å². The van der Waals surface area contributed by atoms with Gasteiger partial charge in [0, 0.05) is 31.3 Å². The molecular formula is C18H16F6N6O2S2. The van der Waals surface area contributed by atoms with Crippen LogP contribution in [0, 0.1) is 0 Å². The molecule has 0 saturated heterocycles. The van der Waals surface area contributed by atoms with Gasteiger partial charge in [-0.05, 0) is 19.1 Å². The Hall–Kier alpha value is -2.85. The van der Waals surface area contributed by atoms with Crippen LogP contribution < -0.4 is 0 Å². The minimum Gasteiger partial charge on any atom is -0.310 e. The molecule has 8 nitrogen and oxygen atoms in total. The van der Waals surface area contributed by atoms with Crippen molar-refractivity contribution in [1.29, 1.82) is 0 Å². The largest absolute Gasteiger partial charge is 0.435 e. The van der Waals surface area contributed by atoms with E-state index in [2.05, 4.69) is 20.3 Å². The number of aryl methyl sites for hydroxylation is 1. The van der Waals surface area contributed by atoms with Crippen molar-refractivity contribution in [2.24, 2.45) is 7.05 Å². The highest BCUT2D eigenvalue weighted by molar-refractivity contribution is 8.14. The highest BCUT2D eigenvalue weighted by atomic mass is 32.3. The highest BCUT2D eigenvalue weighted by Gasteiger charge is 2.36. The molecule has 4 aromatic rings. The van der Waals surface area contributed by atoms with E-state index in [-0.39, 0.29) is 37.5 Å². The van der Waals surface area contributed by atoms with Crippen LogP contribution in [0.4, 0.5) is 26.3 Å². The van der Waals surface area contributed by atoms with Gasteiger partial charge in [0.25, 0.3) is 0 Å². The number of hydrogen-bond acceptors (Lipinski definition) is 6. The third-order valence-electron chi connectivity index (χ3n) is 5.14. The summed E-state index contributed by atoms with van der Waals surface area (Å²) in [5.41, 5.74) is -2.60. The maximum Gasteiger partial charge on any atom is 0.435 e. The molecule has 4 rings (SSSR count). The molecule has 4 heterocycles. The average Bonchev–Trinajstić information content (AvgIpc) is 3.43. The number of thiophene rings is 1. The lowest BCUT2D eigenvalue weighted by Gasteiger charge is -2.37. The highest BCUT2D eigenvalue weighted by Crippen LogP contribution is 2.44. The first-order valence-corrected chi connectivity index (χ1v) is 12.7. The molecule has 0 amide bonds. The predicted molar refractivity (Wildman–Crippen MR) is 112 cm³/mol. The van der Waals surface area contributed by atoms with E-state index in [9.17, 15) is 35.1 Å². The topological polar surface area (TPSA) is 98.7 Å². The fourth-order valence-electron chi connectivity index (χ4n) is 3.10. The van der Waals surface area contributed by atoms with E-state index >= 15 is 0 Å². The molecule has 1 N–H and O–H groups in total. The van der Waals surface area contributed by atoms with E-state index in [1.54, 1.807) is 0 Å². The van der Waals surface area contributed by atoms with Crippen LogP contribution in [0.2, 0.25) is 0 Å². The molecule has 0 aliphatic heterocycles. The number of halogens is 6. The molecule has 0 aliphatic rings. The summed E-state index contributed by atoms with van der Waals surface area (Å²) in [7, 11) is -3.08. The van der Waals surface area contributed by atoms with Gasteiger partial charge in [0.1, 0.15) is 10.5 Å². The predicted octanol–water partition coefficient (Wildman–Crippen LogP) is 4.62. The molecule has 0 bridgehead atoms. The Morgan fingerprint density at radius 1 is 1.09 bits per heavy atom.